The molecule has 0 N–H and O–H groups in total. The van der Waals surface area contributed by atoms with Gasteiger partial charge in [-0.15, -0.1) is 11.3 Å². The van der Waals surface area contributed by atoms with Gasteiger partial charge in [0, 0.05) is 17.1 Å². The van der Waals surface area contributed by atoms with Gasteiger partial charge in [-0.3, -0.25) is 4.79 Å². The summed E-state index contributed by atoms with van der Waals surface area (Å²) in [6.45, 7) is 5.23. The Hall–Kier alpha value is -0.350. The molecule has 0 aromatic carbocycles. The van der Waals surface area contributed by atoms with Crippen molar-refractivity contribution in [2.45, 2.75) is 45.6 Å². The van der Waals surface area contributed by atoms with Crippen LogP contribution >= 0.6 is 27.3 Å². The molecule has 1 aromatic heterocycles. The van der Waals surface area contributed by atoms with Gasteiger partial charge in [-0.1, -0.05) is 26.7 Å². The Bertz CT molecular complexity index is 410. The maximum atomic E-state index is 12.7. The molecular weight excluding hydrogens is 310 g/mol. The smallest absolute Gasteiger partial charge is 0.265 e. The van der Waals surface area contributed by atoms with Gasteiger partial charge in [0.05, 0.1) is 0 Å². The molecule has 1 aromatic rings. The van der Waals surface area contributed by atoms with Crippen LogP contribution in [0.2, 0.25) is 0 Å². The lowest BCUT2D eigenvalue weighted by atomic mass is 10.1. The van der Waals surface area contributed by atoms with Crippen molar-refractivity contribution in [2.24, 2.45) is 5.92 Å². The van der Waals surface area contributed by atoms with Crippen molar-refractivity contribution in [2.75, 3.05) is 6.54 Å². The lowest BCUT2D eigenvalue weighted by Gasteiger charge is -2.30. The molecule has 2 rings (SSSR count). The first-order valence-corrected chi connectivity index (χ1v) is 8.31. The molecule has 0 bridgehead atoms. The Labute approximate surface area is 122 Å². The number of hydrogen-bond donors (Lipinski definition) is 0. The standard InChI is InChI=1S/C14H20BrNOS/c1-10(2)9-16(11-5-3-4-6-11)14(17)13-12(15)7-8-18-13/h7-8,10-11H,3-6,9H2,1-2H3. The molecule has 1 saturated carbocycles. The van der Waals surface area contributed by atoms with Crippen molar-refractivity contribution in [3.63, 3.8) is 0 Å². The molecule has 0 saturated heterocycles. The van der Waals surface area contributed by atoms with Crippen molar-refractivity contribution in [3.05, 3.63) is 20.8 Å². The molecular formula is C14H20BrNOS. The molecule has 0 spiro atoms. The fraction of sp³-hybridized carbons (Fsp3) is 0.643. The average Bonchev–Trinajstić information content (AvgIpc) is 2.95. The van der Waals surface area contributed by atoms with Crippen LogP contribution in [-0.2, 0) is 0 Å². The second kappa shape index (κ2) is 6.20. The van der Waals surface area contributed by atoms with E-state index in [0.29, 0.717) is 12.0 Å². The van der Waals surface area contributed by atoms with Gasteiger partial charge in [-0.05, 0) is 46.1 Å². The Morgan fingerprint density at radius 3 is 2.67 bits per heavy atom. The third-order valence-electron chi connectivity index (χ3n) is 3.40. The Kier molecular flexibility index (Phi) is 4.84. The number of nitrogens with zero attached hydrogens (tertiary/aromatic N) is 1. The molecule has 2 nitrogen and oxygen atoms in total. The number of carbonyl (C=O) groups excluding carboxylic acids is 1. The number of rotatable bonds is 4. The molecule has 0 radical (unpaired) electrons. The van der Waals surface area contributed by atoms with Gasteiger partial charge in [0.1, 0.15) is 4.88 Å². The summed E-state index contributed by atoms with van der Waals surface area (Å²) in [5.41, 5.74) is 0. The van der Waals surface area contributed by atoms with Crippen LogP contribution in [0.3, 0.4) is 0 Å². The summed E-state index contributed by atoms with van der Waals surface area (Å²) in [5.74, 6) is 0.728. The van der Waals surface area contributed by atoms with E-state index < -0.39 is 0 Å². The molecule has 1 aliphatic rings. The lowest BCUT2D eigenvalue weighted by molar-refractivity contribution is 0.0660. The van der Waals surface area contributed by atoms with Crippen molar-refractivity contribution >= 4 is 33.2 Å². The Morgan fingerprint density at radius 2 is 2.17 bits per heavy atom. The summed E-state index contributed by atoms with van der Waals surface area (Å²) in [6.07, 6.45) is 4.86. The summed E-state index contributed by atoms with van der Waals surface area (Å²) in [7, 11) is 0. The molecule has 1 aliphatic carbocycles. The Balaban J connectivity index is 2.17. The van der Waals surface area contributed by atoms with E-state index in [0.717, 1.165) is 15.9 Å². The van der Waals surface area contributed by atoms with E-state index in [-0.39, 0.29) is 5.91 Å². The number of carbonyl (C=O) groups is 1. The third kappa shape index (κ3) is 3.15. The quantitative estimate of drug-likeness (QED) is 0.793. The van der Waals surface area contributed by atoms with Crippen molar-refractivity contribution in [1.29, 1.82) is 0 Å². The topological polar surface area (TPSA) is 20.3 Å². The first-order valence-electron chi connectivity index (χ1n) is 6.63. The minimum Gasteiger partial charge on any atom is -0.335 e. The van der Waals surface area contributed by atoms with E-state index in [1.165, 1.54) is 37.0 Å². The van der Waals surface area contributed by atoms with Crippen LogP contribution in [0.15, 0.2) is 15.9 Å². The fourth-order valence-corrected chi connectivity index (χ4v) is 4.08. The van der Waals surface area contributed by atoms with Crippen molar-refractivity contribution in [3.8, 4) is 0 Å². The van der Waals surface area contributed by atoms with Crippen LogP contribution in [0.25, 0.3) is 0 Å². The molecule has 0 atom stereocenters. The van der Waals surface area contributed by atoms with Crippen LogP contribution in [0.1, 0.15) is 49.2 Å². The van der Waals surface area contributed by atoms with E-state index in [1.807, 2.05) is 11.4 Å². The molecule has 18 heavy (non-hydrogen) atoms. The highest BCUT2D eigenvalue weighted by Crippen LogP contribution is 2.29. The summed E-state index contributed by atoms with van der Waals surface area (Å²) < 4.78 is 0.934. The molecule has 1 fully saturated rings. The number of amides is 1. The van der Waals surface area contributed by atoms with E-state index in [2.05, 4.69) is 34.7 Å². The maximum Gasteiger partial charge on any atom is 0.265 e. The number of hydrogen-bond acceptors (Lipinski definition) is 2. The molecule has 0 aliphatic heterocycles. The number of thiophene rings is 1. The molecule has 1 heterocycles. The van der Waals surface area contributed by atoms with Gasteiger partial charge in [0.25, 0.3) is 5.91 Å². The zero-order valence-electron chi connectivity index (χ0n) is 11.0. The molecule has 100 valence electrons. The van der Waals surface area contributed by atoms with E-state index in [9.17, 15) is 4.79 Å². The molecule has 1 amide bonds. The minimum absolute atomic E-state index is 0.206. The fourth-order valence-electron chi connectivity index (χ4n) is 2.58. The predicted molar refractivity (Wildman–Crippen MR) is 80.1 cm³/mol. The van der Waals surface area contributed by atoms with Gasteiger partial charge in [0.15, 0.2) is 0 Å². The monoisotopic (exact) mass is 329 g/mol. The van der Waals surface area contributed by atoms with Gasteiger partial charge >= 0.3 is 0 Å². The van der Waals surface area contributed by atoms with E-state index >= 15 is 0 Å². The highest BCUT2D eigenvalue weighted by atomic mass is 79.9. The van der Waals surface area contributed by atoms with E-state index in [1.54, 1.807) is 0 Å². The highest BCUT2D eigenvalue weighted by molar-refractivity contribution is 9.10. The first kappa shape index (κ1) is 14.1. The largest absolute Gasteiger partial charge is 0.335 e. The summed E-state index contributed by atoms with van der Waals surface area (Å²) >= 11 is 5.01. The third-order valence-corrected chi connectivity index (χ3v) is 5.23. The second-order valence-electron chi connectivity index (χ2n) is 5.39. The zero-order chi connectivity index (χ0) is 13.1. The minimum atomic E-state index is 0.206. The van der Waals surface area contributed by atoms with Crippen LogP contribution in [0.4, 0.5) is 0 Å². The average molecular weight is 330 g/mol. The van der Waals surface area contributed by atoms with Crippen LogP contribution in [0.5, 0.6) is 0 Å². The lowest BCUT2D eigenvalue weighted by Crippen LogP contribution is -2.41. The maximum absolute atomic E-state index is 12.7. The second-order valence-corrected chi connectivity index (χ2v) is 7.16. The van der Waals surface area contributed by atoms with Crippen LogP contribution < -0.4 is 0 Å². The summed E-state index contributed by atoms with van der Waals surface area (Å²) in [6, 6.07) is 2.41. The Morgan fingerprint density at radius 1 is 1.50 bits per heavy atom. The summed E-state index contributed by atoms with van der Waals surface area (Å²) in [4.78, 5) is 15.6. The van der Waals surface area contributed by atoms with Gasteiger partial charge in [-0.2, -0.15) is 0 Å². The normalized spacial score (nSPS) is 16.4. The van der Waals surface area contributed by atoms with E-state index in [4.69, 9.17) is 0 Å². The SMILES string of the molecule is CC(C)CN(C(=O)c1sccc1Br)C1CCCC1. The van der Waals surface area contributed by atoms with Gasteiger partial charge in [-0.25, -0.2) is 0 Å². The predicted octanol–water partition coefficient (Wildman–Crippen LogP) is 4.55. The summed E-state index contributed by atoms with van der Waals surface area (Å²) in [5, 5.41) is 1.97. The van der Waals surface area contributed by atoms with Crippen LogP contribution in [-0.4, -0.2) is 23.4 Å². The highest BCUT2D eigenvalue weighted by Gasteiger charge is 2.29. The first-order chi connectivity index (χ1) is 8.59. The van der Waals surface area contributed by atoms with Crippen molar-refractivity contribution in [1.82, 2.24) is 4.90 Å². The van der Waals surface area contributed by atoms with Gasteiger partial charge < -0.3 is 4.90 Å². The van der Waals surface area contributed by atoms with Gasteiger partial charge in [0.2, 0.25) is 0 Å². The zero-order valence-corrected chi connectivity index (χ0v) is 13.4. The molecule has 4 heteroatoms. The number of halogens is 1. The molecule has 0 unspecified atom stereocenters. The van der Waals surface area contributed by atoms with Crippen molar-refractivity contribution < 1.29 is 4.79 Å². The van der Waals surface area contributed by atoms with Crippen LogP contribution in [0, 0.1) is 5.92 Å².